The minimum Gasteiger partial charge on any atom is -0.325 e. The van der Waals surface area contributed by atoms with Gasteiger partial charge in [0.15, 0.2) is 0 Å². The van der Waals surface area contributed by atoms with E-state index in [1.165, 1.54) is 56.3 Å². The summed E-state index contributed by atoms with van der Waals surface area (Å²) in [5.41, 5.74) is 9.15. The van der Waals surface area contributed by atoms with E-state index in [1.807, 2.05) is 11.7 Å². The predicted octanol–water partition coefficient (Wildman–Crippen LogP) is 3.60. The molecule has 20 heavy (non-hydrogen) atoms. The van der Waals surface area contributed by atoms with Crippen LogP contribution in [0.2, 0.25) is 0 Å². The number of nitrogens with zero attached hydrogens (tertiary/aromatic N) is 2. The molecule has 1 aliphatic rings. The molecular formula is C17H31N3. The lowest BCUT2D eigenvalue weighted by molar-refractivity contribution is 0.219. The van der Waals surface area contributed by atoms with Gasteiger partial charge in [0, 0.05) is 24.7 Å². The van der Waals surface area contributed by atoms with E-state index in [0.29, 0.717) is 0 Å². The number of unbranched alkanes of at least 4 members (excludes halogenated alkanes) is 1. The molecule has 0 spiro atoms. The molecule has 2 N–H and O–H groups in total. The van der Waals surface area contributed by atoms with E-state index in [9.17, 15) is 0 Å². The molecule has 1 aromatic heterocycles. The fourth-order valence-corrected chi connectivity index (χ4v) is 3.48. The zero-order valence-corrected chi connectivity index (χ0v) is 13.5. The molecule has 0 aromatic carbocycles. The van der Waals surface area contributed by atoms with Gasteiger partial charge in [-0.25, -0.2) is 0 Å². The average molecular weight is 277 g/mol. The molecule has 0 unspecified atom stereocenters. The number of nitrogens with two attached hydrogens (primary N) is 1. The second-order valence-electron chi connectivity index (χ2n) is 6.73. The molecule has 0 radical (unpaired) electrons. The van der Waals surface area contributed by atoms with E-state index in [0.717, 1.165) is 18.8 Å². The van der Waals surface area contributed by atoms with Gasteiger partial charge in [0.25, 0.3) is 0 Å². The van der Waals surface area contributed by atoms with Gasteiger partial charge in [0.1, 0.15) is 0 Å². The largest absolute Gasteiger partial charge is 0.325 e. The monoisotopic (exact) mass is 277 g/mol. The number of hydrogen-bond donors (Lipinski definition) is 1. The number of hydrogen-bond acceptors (Lipinski definition) is 2. The summed E-state index contributed by atoms with van der Waals surface area (Å²) in [6, 6.07) is 2.23. The maximum Gasteiger partial charge on any atom is 0.0624 e. The van der Waals surface area contributed by atoms with Gasteiger partial charge in [-0.05, 0) is 44.1 Å². The molecular weight excluding hydrogens is 246 g/mol. The zero-order chi connectivity index (χ0) is 14.6. The molecule has 0 bridgehead atoms. The highest BCUT2D eigenvalue weighted by Crippen LogP contribution is 2.35. The van der Waals surface area contributed by atoms with Crippen molar-refractivity contribution in [1.82, 2.24) is 9.78 Å². The van der Waals surface area contributed by atoms with Gasteiger partial charge in [-0.1, -0.05) is 33.1 Å². The second kappa shape index (κ2) is 6.75. The van der Waals surface area contributed by atoms with Crippen LogP contribution in [0.1, 0.15) is 70.2 Å². The summed E-state index contributed by atoms with van der Waals surface area (Å²) in [4.78, 5) is 0. The lowest BCUT2D eigenvalue weighted by atomic mass is 9.73. The van der Waals surface area contributed by atoms with Crippen LogP contribution in [0.25, 0.3) is 0 Å². The van der Waals surface area contributed by atoms with Crippen LogP contribution < -0.4 is 5.73 Å². The Morgan fingerprint density at radius 1 is 1.35 bits per heavy atom. The van der Waals surface area contributed by atoms with Crippen LogP contribution in [0.15, 0.2) is 6.07 Å². The van der Waals surface area contributed by atoms with Crippen LogP contribution in [-0.2, 0) is 19.9 Å². The minimum absolute atomic E-state index is 0.00151. The van der Waals surface area contributed by atoms with Crippen molar-refractivity contribution >= 4 is 0 Å². The molecule has 114 valence electrons. The topological polar surface area (TPSA) is 43.8 Å². The van der Waals surface area contributed by atoms with Crippen LogP contribution in [0.4, 0.5) is 0 Å². The third-order valence-electron chi connectivity index (χ3n) is 4.99. The molecule has 1 aliphatic carbocycles. The Bertz CT molecular complexity index is 414. The highest BCUT2D eigenvalue weighted by Gasteiger charge is 2.32. The third-order valence-corrected chi connectivity index (χ3v) is 4.99. The van der Waals surface area contributed by atoms with E-state index in [4.69, 9.17) is 5.73 Å². The van der Waals surface area contributed by atoms with Crippen molar-refractivity contribution < 1.29 is 0 Å². The van der Waals surface area contributed by atoms with E-state index in [1.54, 1.807) is 0 Å². The van der Waals surface area contributed by atoms with Crippen LogP contribution in [0, 0.1) is 5.92 Å². The van der Waals surface area contributed by atoms with Crippen molar-refractivity contribution in [3.63, 3.8) is 0 Å². The van der Waals surface area contributed by atoms with Crippen molar-refractivity contribution in [3.05, 3.63) is 17.5 Å². The van der Waals surface area contributed by atoms with Gasteiger partial charge in [-0.3, -0.25) is 4.68 Å². The lowest BCUT2D eigenvalue weighted by Crippen LogP contribution is -2.45. The Labute approximate surface area is 123 Å². The fourth-order valence-electron chi connectivity index (χ4n) is 3.48. The second-order valence-corrected chi connectivity index (χ2v) is 6.73. The number of rotatable bonds is 6. The number of aryl methyl sites for hydroxylation is 2. The van der Waals surface area contributed by atoms with Crippen LogP contribution in [0.3, 0.4) is 0 Å². The van der Waals surface area contributed by atoms with Crippen molar-refractivity contribution in [2.75, 3.05) is 0 Å². The third kappa shape index (κ3) is 3.85. The van der Waals surface area contributed by atoms with Gasteiger partial charge < -0.3 is 5.73 Å². The molecule has 0 amide bonds. The highest BCUT2D eigenvalue weighted by atomic mass is 15.3. The van der Waals surface area contributed by atoms with E-state index < -0.39 is 0 Å². The van der Waals surface area contributed by atoms with Crippen molar-refractivity contribution in [1.29, 1.82) is 0 Å². The van der Waals surface area contributed by atoms with Crippen molar-refractivity contribution in [3.8, 4) is 0 Å². The Balaban J connectivity index is 1.91. The van der Waals surface area contributed by atoms with Gasteiger partial charge in [-0.15, -0.1) is 0 Å². The quantitative estimate of drug-likeness (QED) is 0.863. The Kier molecular flexibility index (Phi) is 5.25. The standard InChI is InChI=1S/C17H31N3/c1-4-6-7-14-8-10-17(18,11-9-14)13-16-12-15(5-2)19-20(16)3/h12,14H,4-11,13,18H2,1-3H3. The van der Waals surface area contributed by atoms with E-state index in [2.05, 4.69) is 25.0 Å². The minimum atomic E-state index is 0.00151. The summed E-state index contributed by atoms with van der Waals surface area (Å²) in [6.07, 6.45) is 11.1. The summed E-state index contributed by atoms with van der Waals surface area (Å²) in [6.45, 7) is 4.44. The maximum absolute atomic E-state index is 6.66. The van der Waals surface area contributed by atoms with E-state index >= 15 is 0 Å². The zero-order valence-electron chi connectivity index (χ0n) is 13.5. The van der Waals surface area contributed by atoms with Gasteiger partial charge >= 0.3 is 0 Å². The summed E-state index contributed by atoms with van der Waals surface area (Å²) in [5.74, 6) is 0.921. The fraction of sp³-hybridized carbons (Fsp3) is 0.824. The smallest absolute Gasteiger partial charge is 0.0624 e. The molecule has 0 aliphatic heterocycles. The maximum atomic E-state index is 6.66. The molecule has 0 atom stereocenters. The van der Waals surface area contributed by atoms with E-state index in [-0.39, 0.29) is 5.54 Å². The van der Waals surface area contributed by atoms with Crippen molar-refractivity contribution in [2.45, 2.75) is 77.2 Å². The summed E-state index contributed by atoms with van der Waals surface area (Å²) >= 11 is 0. The predicted molar refractivity (Wildman–Crippen MR) is 84.7 cm³/mol. The van der Waals surface area contributed by atoms with Crippen molar-refractivity contribution in [2.24, 2.45) is 18.7 Å². The average Bonchev–Trinajstić information content (AvgIpc) is 2.78. The first kappa shape index (κ1) is 15.6. The van der Waals surface area contributed by atoms with Crippen LogP contribution in [0.5, 0.6) is 0 Å². The van der Waals surface area contributed by atoms with Gasteiger partial charge in [-0.2, -0.15) is 5.10 Å². The van der Waals surface area contributed by atoms with Crippen LogP contribution >= 0.6 is 0 Å². The first-order valence-electron chi connectivity index (χ1n) is 8.37. The summed E-state index contributed by atoms with van der Waals surface area (Å²) < 4.78 is 2.02. The summed E-state index contributed by atoms with van der Waals surface area (Å²) in [5, 5.41) is 4.54. The summed E-state index contributed by atoms with van der Waals surface area (Å²) in [7, 11) is 2.05. The Morgan fingerprint density at radius 2 is 2.05 bits per heavy atom. The molecule has 1 fully saturated rings. The van der Waals surface area contributed by atoms with Gasteiger partial charge in [0.05, 0.1) is 5.69 Å². The lowest BCUT2D eigenvalue weighted by Gasteiger charge is -2.37. The molecule has 1 aromatic rings. The molecule has 0 saturated heterocycles. The highest BCUT2D eigenvalue weighted by molar-refractivity contribution is 5.14. The molecule has 3 nitrogen and oxygen atoms in total. The number of aromatic nitrogens is 2. The first-order chi connectivity index (χ1) is 9.56. The molecule has 1 heterocycles. The Hall–Kier alpha value is -0.830. The van der Waals surface area contributed by atoms with Crippen LogP contribution in [-0.4, -0.2) is 15.3 Å². The Morgan fingerprint density at radius 3 is 2.60 bits per heavy atom. The molecule has 2 rings (SSSR count). The first-order valence-corrected chi connectivity index (χ1v) is 8.37. The van der Waals surface area contributed by atoms with Gasteiger partial charge in [0.2, 0.25) is 0 Å². The molecule has 3 heteroatoms. The molecule has 1 saturated carbocycles. The normalized spacial score (nSPS) is 26.9. The SMILES string of the molecule is CCCCC1CCC(N)(Cc2cc(CC)nn2C)CC1.